The Morgan fingerprint density at radius 2 is 1.79 bits per heavy atom. The third kappa shape index (κ3) is 2.68. The topological polar surface area (TPSA) is 141 Å². The van der Waals surface area contributed by atoms with E-state index in [1.54, 1.807) is 36.4 Å². The van der Waals surface area contributed by atoms with Crippen molar-refractivity contribution in [2.24, 2.45) is 0 Å². The van der Waals surface area contributed by atoms with Crippen molar-refractivity contribution in [2.75, 3.05) is 12.4 Å². The van der Waals surface area contributed by atoms with Crippen LogP contribution in [0.5, 0.6) is 0 Å². The van der Waals surface area contributed by atoms with Crippen molar-refractivity contribution < 1.29 is 18.3 Å². The molecule has 1 aliphatic heterocycles. The van der Waals surface area contributed by atoms with Crippen LogP contribution in [0.1, 0.15) is 5.56 Å². The molecule has 0 spiro atoms. The number of nitrogens with one attached hydrogen (secondary N) is 2. The van der Waals surface area contributed by atoms with Crippen LogP contribution in [0.3, 0.4) is 0 Å². The highest BCUT2D eigenvalue weighted by atomic mass is 32.2. The van der Waals surface area contributed by atoms with Gasteiger partial charge in [-0.2, -0.15) is 0 Å². The quantitative estimate of drug-likeness (QED) is 0.605. The summed E-state index contributed by atoms with van der Waals surface area (Å²) in [6.45, 7) is 0. The van der Waals surface area contributed by atoms with E-state index in [0.717, 1.165) is 4.31 Å². The van der Waals surface area contributed by atoms with Crippen molar-refractivity contribution in [1.29, 1.82) is 0 Å². The predicted octanol–water partition coefficient (Wildman–Crippen LogP) is 1.37. The van der Waals surface area contributed by atoms with E-state index in [9.17, 15) is 18.3 Å². The van der Waals surface area contributed by atoms with Crippen LogP contribution in [0, 0.1) is 0 Å². The molecule has 4 rings (SSSR count). The van der Waals surface area contributed by atoms with E-state index in [1.165, 1.54) is 19.2 Å². The maximum absolute atomic E-state index is 12.9. The molecule has 3 N–H and O–H groups in total. The molecule has 1 aliphatic rings. The number of nitrogens with zero attached hydrogens (tertiary/aromatic N) is 4. The normalized spacial score (nSPS) is 15.2. The third-order valence-corrected chi connectivity index (χ3v) is 6.13. The Kier molecular flexibility index (Phi) is 4.08. The van der Waals surface area contributed by atoms with E-state index in [0.29, 0.717) is 17.1 Å². The number of benzene rings is 2. The van der Waals surface area contributed by atoms with Crippen LogP contribution in [0.4, 0.5) is 5.69 Å². The number of para-hydroxylation sites is 1. The smallest absolute Gasteiger partial charge is 0.276 e. The molecule has 0 unspecified atom stereocenters. The molecule has 2 aromatic carbocycles. The van der Waals surface area contributed by atoms with Crippen LogP contribution in [0.25, 0.3) is 17.1 Å². The first-order chi connectivity index (χ1) is 13.4. The Hall–Kier alpha value is -3.73. The molecule has 0 radical (unpaired) electrons. The molecule has 2 heterocycles. The van der Waals surface area contributed by atoms with E-state index in [4.69, 9.17) is 0 Å². The highest BCUT2D eigenvalue weighted by Crippen LogP contribution is 2.35. The summed E-state index contributed by atoms with van der Waals surface area (Å²) in [4.78, 5) is 12.8. The Labute approximate surface area is 159 Å². The molecule has 0 atom stereocenters. The van der Waals surface area contributed by atoms with E-state index in [2.05, 4.69) is 25.9 Å². The maximum atomic E-state index is 12.9. The van der Waals surface area contributed by atoms with E-state index in [-0.39, 0.29) is 16.2 Å². The van der Waals surface area contributed by atoms with Crippen molar-refractivity contribution in [3.05, 3.63) is 59.8 Å². The molecule has 28 heavy (non-hydrogen) atoms. The first-order valence-electron chi connectivity index (χ1n) is 8.07. The zero-order valence-corrected chi connectivity index (χ0v) is 15.3. The van der Waals surface area contributed by atoms with Crippen molar-refractivity contribution in [3.63, 3.8) is 0 Å². The van der Waals surface area contributed by atoms with Crippen molar-refractivity contribution in [1.82, 2.24) is 24.9 Å². The summed E-state index contributed by atoms with van der Waals surface area (Å²) in [7, 11) is -2.77. The molecule has 0 fully saturated rings. The fourth-order valence-corrected chi connectivity index (χ4v) is 4.33. The van der Waals surface area contributed by atoms with Gasteiger partial charge in [-0.1, -0.05) is 24.3 Å². The second-order valence-electron chi connectivity index (χ2n) is 5.92. The lowest BCUT2D eigenvalue weighted by Gasteiger charge is -2.28. The molecular weight excluding hydrogens is 384 g/mol. The summed E-state index contributed by atoms with van der Waals surface area (Å²) >= 11 is 0. The van der Waals surface area contributed by atoms with E-state index in [1.807, 2.05) is 0 Å². The van der Waals surface area contributed by atoms with Gasteiger partial charge >= 0.3 is 0 Å². The molecule has 0 saturated heterocycles. The minimum Gasteiger partial charge on any atom is -0.505 e. The number of H-pyrrole nitrogens is 1. The molecule has 3 aromatic rings. The predicted molar refractivity (Wildman–Crippen MR) is 99.2 cm³/mol. The van der Waals surface area contributed by atoms with Gasteiger partial charge in [0.2, 0.25) is 0 Å². The largest absolute Gasteiger partial charge is 0.505 e. The number of carbonyl (C=O) groups excluding carboxylic acids is 1. The fraction of sp³-hybridized carbons (Fsp3) is 0.0588. The fourth-order valence-electron chi connectivity index (χ4n) is 2.94. The molecule has 10 nitrogen and oxygen atoms in total. The molecule has 0 aliphatic carbocycles. The van der Waals surface area contributed by atoms with Gasteiger partial charge in [0.1, 0.15) is 0 Å². The van der Waals surface area contributed by atoms with Crippen LogP contribution in [-0.2, 0) is 14.8 Å². The second kappa shape index (κ2) is 6.46. The Morgan fingerprint density at radius 3 is 2.50 bits per heavy atom. The van der Waals surface area contributed by atoms with Crippen LogP contribution >= 0.6 is 0 Å². The maximum Gasteiger partial charge on any atom is 0.276 e. The van der Waals surface area contributed by atoms with E-state index >= 15 is 0 Å². The van der Waals surface area contributed by atoms with Gasteiger partial charge in [0.15, 0.2) is 17.3 Å². The average Bonchev–Trinajstić information content (AvgIpc) is 3.22. The summed E-state index contributed by atoms with van der Waals surface area (Å²) < 4.78 is 26.2. The molecule has 142 valence electrons. The number of hydrogen-bond acceptors (Lipinski definition) is 7. The Bertz CT molecular complexity index is 1200. The van der Waals surface area contributed by atoms with Crippen molar-refractivity contribution in [3.8, 4) is 11.4 Å². The third-order valence-electron chi connectivity index (χ3n) is 4.31. The first kappa shape index (κ1) is 17.7. The number of aromatic amines is 1. The monoisotopic (exact) mass is 398 g/mol. The summed E-state index contributed by atoms with van der Waals surface area (Å²) in [5.74, 6) is -0.897. The summed E-state index contributed by atoms with van der Waals surface area (Å²) in [6.07, 6.45) is 0. The number of likely N-dealkylation sites (N-methyl/N-ethyl adjacent to an activating group) is 1. The molecular formula is C17H14N6O4S. The van der Waals surface area contributed by atoms with Crippen LogP contribution in [0.2, 0.25) is 0 Å². The SMILES string of the molecule is CN1C(C(=O)Nc2ccccc2-c2nnn[nH]2)=C(O)c2ccccc2S1(=O)=O. The Morgan fingerprint density at radius 1 is 1.11 bits per heavy atom. The standard InChI is InChI=1S/C17H14N6O4S/c1-23-14(15(24)11-7-3-5-9-13(11)28(23,26)27)17(25)18-12-8-4-2-6-10(12)16-19-21-22-20-16/h2-9,24H,1H3,(H,18,25)(H,19,20,21,22). The van der Waals surface area contributed by atoms with Crippen molar-refractivity contribution in [2.45, 2.75) is 4.90 Å². The van der Waals surface area contributed by atoms with Gasteiger partial charge in [0.25, 0.3) is 15.9 Å². The number of sulfonamides is 1. The summed E-state index contributed by atoms with van der Waals surface area (Å²) in [5, 5.41) is 26.6. The molecule has 1 aromatic heterocycles. The first-order valence-corrected chi connectivity index (χ1v) is 9.51. The van der Waals surface area contributed by atoms with Crippen LogP contribution in [0.15, 0.2) is 59.1 Å². The van der Waals surface area contributed by atoms with Gasteiger partial charge in [0.05, 0.1) is 10.6 Å². The molecule has 1 amide bonds. The average molecular weight is 398 g/mol. The van der Waals surface area contributed by atoms with Crippen LogP contribution < -0.4 is 5.32 Å². The lowest BCUT2D eigenvalue weighted by molar-refractivity contribution is -0.113. The zero-order valence-electron chi connectivity index (χ0n) is 14.5. The lowest BCUT2D eigenvalue weighted by atomic mass is 10.1. The van der Waals surface area contributed by atoms with Gasteiger partial charge in [-0.25, -0.2) is 13.5 Å². The lowest BCUT2D eigenvalue weighted by Crippen LogP contribution is -2.37. The summed E-state index contributed by atoms with van der Waals surface area (Å²) in [5.41, 5.74) is 0.529. The van der Waals surface area contributed by atoms with Gasteiger partial charge < -0.3 is 10.4 Å². The second-order valence-corrected chi connectivity index (χ2v) is 7.85. The molecule has 0 bridgehead atoms. The van der Waals surface area contributed by atoms with Crippen molar-refractivity contribution >= 4 is 27.4 Å². The number of aliphatic hydroxyl groups is 1. The minimum atomic E-state index is -3.98. The number of aromatic nitrogens is 4. The van der Waals surface area contributed by atoms with E-state index < -0.39 is 21.7 Å². The highest BCUT2D eigenvalue weighted by molar-refractivity contribution is 7.89. The zero-order chi connectivity index (χ0) is 19.9. The number of carbonyl (C=O) groups is 1. The number of aliphatic hydroxyl groups excluding tert-OH is 1. The number of rotatable bonds is 3. The Balaban J connectivity index is 1.78. The number of anilines is 1. The molecule has 11 heteroatoms. The van der Waals surface area contributed by atoms with Gasteiger partial charge in [-0.3, -0.25) is 9.10 Å². The van der Waals surface area contributed by atoms with Gasteiger partial charge in [-0.05, 0) is 34.7 Å². The summed E-state index contributed by atoms with van der Waals surface area (Å²) in [6, 6.07) is 12.7. The number of hydrogen-bond donors (Lipinski definition) is 3. The highest BCUT2D eigenvalue weighted by Gasteiger charge is 2.37. The number of tetrazole rings is 1. The number of amides is 1. The number of fused-ring (bicyclic) bond motifs is 1. The molecule has 0 saturated carbocycles. The van der Waals surface area contributed by atoms with Gasteiger partial charge in [-0.15, -0.1) is 5.10 Å². The van der Waals surface area contributed by atoms with Gasteiger partial charge in [0, 0.05) is 18.2 Å². The van der Waals surface area contributed by atoms with Crippen LogP contribution in [-0.4, -0.2) is 51.4 Å². The minimum absolute atomic E-state index is 0.0680.